The van der Waals surface area contributed by atoms with Crippen molar-refractivity contribution in [1.82, 2.24) is 0 Å². The second kappa shape index (κ2) is 4.65. The third-order valence-electron chi connectivity index (χ3n) is 1.88. The van der Waals surface area contributed by atoms with Crippen LogP contribution >= 0.6 is 0 Å². The van der Waals surface area contributed by atoms with Gasteiger partial charge in [-0.3, -0.25) is 4.79 Å². The molecule has 3 heteroatoms. The molecule has 0 aliphatic carbocycles. The molecule has 0 spiro atoms. The molecule has 0 atom stereocenters. The highest BCUT2D eigenvalue weighted by Crippen LogP contribution is 2.20. The van der Waals surface area contributed by atoms with E-state index in [9.17, 15) is 4.79 Å². The third-order valence-corrected chi connectivity index (χ3v) is 1.88. The van der Waals surface area contributed by atoms with E-state index in [2.05, 4.69) is 0 Å². The van der Waals surface area contributed by atoms with Gasteiger partial charge in [-0.15, -0.1) is 0 Å². The molecule has 0 heterocycles. The van der Waals surface area contributed by atoms with Gasteiger partial charge in [0.05, 0.1) is 6.61 Å². The maximum absolute atomic E-state index is 11.2. The Morgan fingerprint density at radius 2 is 2.21 bits per heavy atom. The van der Waals surface area contributed by atoms with Crippen molar-refractivity contribution in [2.45, 2.75) is 20.3 Å². The molecule has 14 heavy (non-hydrogen) atoms. The van der Waals surface area contributed by atoms with Crippen molar-refractivity contribution >= 4 is 11.5 Å². The van der Waals surface area contributed by atoms with E-state index in [1.165, 1.54) is 6.92 Å². The standard InChI is InChI=1S/C11H15NO2/c1-3-6-14-9-4-5-11(12)10(7-9)8(2)13/h4-5,7H,3,6,12H2,1-2H3. The summed E-state index contributed by atoms with van der Waals surface area (Å²) in [6, 6.07) is 5.16. The fourth-order valence-electron chi connectivity index (χ4n) is 1.15. The van der Waals surface area contributed by atoms with Crippen LogP contribution in [0.3, 0.4) is 0 Å². The van der Waals surface area contributed by atoms with Gasteiger partial charge in [0.15, 0.2) is 5.78 Å². The maximum atomic E-state index is 11.2. The van der Waals surface area contributed by atoms with Crippen LogP contribution < -0.4 is 10.5 Å². The minimum absolute atomic E-state index is 0.0375. The average Bonchev–Trinajstić information content (AvgIpc) is 2.16. The Hall–Kier alpha value is -1.51. The molecular weight excluding hydrogens is 178 g/mol. The topological polar surface area (TPSA) is 52.3 Å². The zero-order valence-corrected chi connectivity index (χ0v) is 8.54. The SMILES string of the molecule is CCCOc1ccc(N)c(C(C)=O)c1. The van der Waals surface area contributed by atoms with Crippen molar-refractivity contribution in [2.75, 3.05) is 12.3 Å². The lowest BCUT2D eigenvalue weighted by atomic mass is 10.1. The Morgan fingerprint density at radius 3 is 2.79 bits per heavy atom. The van der Waals surface area contributed by atoms with E-state index in [-0.39, 0.29) is 5.78 Å². The van der Waals surface area contributed by atoms with Crippen LogP contribution in [0.1, 0.15) is 30.6 Å². The van der Waals surface area contributed by atoms with Gasteiger partial charge < -0.3 is 10.5 Å². The summed E-state index contributed by atoms with van der Waals surface area (Å²) in [5.74, 6) is 0.663. The highest BCUT2D eigenvalue weighted by Gasteiger charge is 2.05. The van der Waals surface area contributed by atoms with Gasteiger partial charge in [0.2, 0.25) is 0 Å². The minimum Gasteiger partial charge on any atom is -0.494 e. The lowest BCUT2D eigenvalue weighted by Gasteiger charge is -2.07. The Balaban J connectivity index is 2.89. The van der Waals surface area contributed by atoms with Crippen LogP contribution in [0, 0.1) is 0 Å². The number of benzene rings is 1. The molecule has 0 saturated heterocycles. The molecule has 0 radical (unpaired) electrons. The molecule has 0 bridgehead atoms. The molecule has 0 unspecified atom stereocenters. The van der Waals surface area contributed by atoms with Crippen LogP contribution in [0.2, 0.25) is 0 Å². The van der Waals surface area contributed by atoms with E-state index in [1.54, 1.807) is 18.2 Å². The highest BCUT2D eigenvalue weighted by atomic mass is 16.5. The molecule has 0 aliphatic heterocycles. The second-order valence-corrected chi connectivity index (χ2v) is 3.15. The van der Waals surface area contributed by atoms with E-state index >= 15 is 0 Å². The van der Waals surface area contributed by atoms with E-state index in [0.717, 1.165) is 6.42 Å². The Labute approximate surface area is 83.9 Å². The molecule has 3 nitrogen and oxygen atoms in total. The van der Waals surface area contributed by atoms with Crippen LogP contribution in [0.5, 0.6) is 5.75 Å². The van der Waals surface area contributed by atoms with Gasteiger partial charge >= 0.3 is 0 Å². The lowest BCUT2D eigenvalue weighted by molar-refractivity contribution is 0.101. The minimum atomic E-state index is -0.0375. The van der Waals surface area contributed by atoms with Crippen molar-refractivity contribution in [3.8, 4) is 5.75 Å². The molecule has 0 aromatic heterocycles. The smallest absolute Gasteiger partial charge is 0.162 e. The summed E-state index contributed by atoms with van der Waals surface area (Å²) in [6.07, 6.45) is 0.944. The monoisotopic (exact) mass is 193 g/mol. The van der Waals surface area contributed by atoms with Gasteiger partial charge in [0, 0.05) is 11.3 Å². The van der Waals surface area contributed by atoms with Crippen molar-refractivity contribution < 1.29 is 9.53 Å². The summed E-state index contributed by atoms with van der Waals surface area (Å²) in [7, 11) is 0. The Bertz CT molecular complexity index is 334. The summed E-state index contributed by atoms with van der Waals surface area (Å²) in [6.45, 7) is 4.18. The summed E-state index contributed by atoms with van der Waals surface area (Å²) in [5.41, 5.74) is 6.67. The predicted molar refractivity (Wildman–Crippen MR) is 56.6 cm³/mol. The molecule has 76 valence electrons. The number of ether oxygens (including phenoxy) is 1. The molecule has 0 amide bonds. The lowest BCUT2D eigenvalue weighted by Crippen LogP contribution is -2.01. The van der Waals surface area contributed by atoms with Crippen LogP contribution in [0.15, 0.2) is 18.2 Å². The molecule has 1 aromatic rings. The van der Waals surface area contributed by atoms with Crippen LogP contribution in [0.25, 0.3) is 0 Å². The number of carbonyl (C=O) groups is 1. The van der Waals surface area contributed by atoms with Crippen molar-refractivity contribution in [1.29, 1.82) is 0 Å². The number of carbonyl (C=O) groups excluding carboxylic acids is 1. The first-order valence-electron chi connectivity index (χ1n) is 4.68. The predicted octanol–water partition coefficient (Wildman–Crippen LogP) is 2.26. The first-order chi connectivity index (χ1) is 6.65. The fraction of sp³-hybridized carbons (Fsp3) is 0.364. The number of anilines is 1. The molecule has 2 N–H and O–H groups in total. The number of hydrogen-bond acceptors (Lipinski definition) is 3. The van der Waals surface area contributed by atoms with Gasteiger partial charge in [-0.1, -0.05) is 6.92 Å². The van der Waals surface area contributed by atoms with Gasteiger partial charge in [-0.05, 0) is 31.5 Å². The Kier molecular flexibility index (Phi) is 3.51. The summed E-state index contributed by atoms with van der Waals surface area (Å²) in [5, 5.41) is 0. The van der Waals surface area contributed by atoms with Crippen LogP contribution in [0.4, 0.5) is 5.69 Å². The molecule has 1 aromatic carbocycles. The van der Waals surface area contributed by atoms with Crippen molar-refractivity contribution in [2.24, 2.45) is 0 Å². The summed E-state index contributed by atoms with van der Waals surface area (Å²) < 4.78 is 5.39. The fourth-order valence-corrected chi connectivity index (χ4v) is 1.15. The largest absolute Gasteiger partial charge is 0.494 e. The zero-order valence-electron chi connectivity index (χ0n) is 8.54. The highest BCUT2D eigenvalue weighted by molar-refractivity contribution is 5.99. The van der Waals surface area contributed by atoms with E-state index in [0.29, 0.717) is 23.6 Å². The van der Waals surface area contributed by atoms with Crippen molar-refractivity contribution in [3.05, 3.63) is 23.8 Å². The van der Waals surface area contributed by atoms with E-state index in [4.69, 9.17) is 10.5 Å². The van der Waals surface area contributed by atoms with Gasteiger partial charge in [-0.2, -0.15) is 0 Å². The number of ketones is 1. The normalized spacial score (nSPS) is 9.86. The van der Waals surface area contributed by atoms with Crippen molar-refractivity contribution in [3.63, 3.8) is 0 Å². The second-order valence-electron chi connectivity index (χ2n) is 3.15. The molecule has 0 fully saturated rings. The van der Waals surface area contributed by atoms with E-state index < -0.39 is 0 Å². The number of nitrogens with two attached hydrogens (primary N) is 1. The van der Waals surface area contributed by atoms with Gasteiger partial charge in [0.1, 0.15) is 5.75 Å². The number of rotatable bonds is 4. The summed E-state index contributed by atoms with van der Waals surface area (Å²) >= 11 is 0. The molecule has 0 aliphatic rings. The van der Waals surface area contributed by atoms with Crippen LogP contribution in [-0.2, 0) is 0 Å². The van der Waals surface area contributed by atoms with Gasteiger partial charge in [-0.25, -0.2) is 0 Å². The first kappa shape index (κ1) is 10.6. The molecular formula is C11H15NO2. The molecule has 1 rings (SSSR count). The maximum Gasteiger partial charge on any atom is 0.162 e. The zero-order chi connectivity index (χ0) is 10.6. The quantitative estimate of drug-likeness (QED) is 0.589. The van der Waals surface area contributed by atoms with Crippen LogP contribution in [-0.4, -0.2) is 12.4 Å². The number of nitrogen functional groups attached to an aromatic ring is 1. The molecule has 0 saturated carbocycles. The third kappa shape index (κ3) is 2.49. The average molecular weight is 193 g/mol. The number of hydrogen-bond donors (Lipinski definition) is 1. The van der Waals surface area contributed by atoms with E-state index in [1.807, 2.05) is 6.92 Å². The Morgan fingerprint density at radius 1 is 1.50 bits per heavy atom. The number of Topliss-reactive ketones (excluding diaryl/α,β-unsaturated/α-hetero) is 1. The van der Waals surface area contributed by atoms with Gasteiger partial charge in [0.25, 0.3) is 0 Å². The first-order valence-corrected chi connectivity index (χ1v) is 4.68. The summed E-state index contributed by atoms with van der Waals surface area (Å²) in [4.78, 5) is 11.2.